The summed E-state index contributed by atoms with van der Waals surface area (Å²) < 4.78 is 10.4. The van der Waals surface area contributed by atoms with E-state index in [4.69, 9.17) is 21.7 Å². The highest BCUT2D eigenvalue weighted by molar-refractivity contribution is 7.80. The number of carbonyl (C=O) groups excluding carboxylic acids is 2. The Morgan fingerprint density at radius 1 is 0.848 bits per heavy atom. The van der Waals surface area contributed by atoms with Gasteiger partial charge < -0.3 is 20.1 Å². The molecule has 0 radical (unpaired) electrons. The third kappa shape index (κ3) is 7.71. The second-order valence-electron chi connectivity index (χ2n) is 7.02. The number of anilines is 1. The van der Waals surface area contributed by atoms with Crippen molar-refractivity contribution >= 4 is 34.8 Å². The van der Waals surface area contributed by atoms with Gasteiger partial charge in [-0.05, 0) is 60.2 Å². The minimum Gasteiger partial charge on any atom is -0.491 e. The van der Waals surface area contributed by atoms with E-state index < -0.39 is 0 Å². The second kappa shape index (κ2) is 12.3. The molecule has 3 aromatic rings. The van der Waals surface area contributed by atoms with Crippen LogP contribution in [0.1, 0.15) is 26.3 Å². The Morgan fingerprint density at radius 2 is 1.61 bits per heavy atom. The van der Waals surface area contributed by atoms with Crippen LogP contribution in [-0.2, 0) is 11.3 Å². The van der Waals surface area contributed by atoms with Gasteiger partial charge in [0.15, 0.2) is 5.11 Å². The maximum atomic E-state index is 12.5. The first-order valence-corrected chi connectivity index (χ1v) is 10.7. The molecule has 33 heavy (non-hydrogen) atoms. The molecule has 0 unspecified atom stereocenters. The van der Waals surface area contributed by atoms with Gasteiger partial charge in [0.1, 0.15) is 12.4 Å². The molecule has 0 aliphatic carbocycles. The van der Waals surface area contributed by atoms with Crippen LogP contribution in [0, 0.1) is 0 Å². The Bertz CT molecular complexity index is 1090. The van der Waals surface area contributed by atoms with Crippen molar-refractivity contribution in [3.63, 3.8) is 0 Å². The Balaban J connectivity index is 1.51. The SMILES string of the molecule is COCCOc1ccc(C(=O)NC(=S)Nc2cccc(C(=O)NCc3ccccc3)c2)cc1. The van der Waals surface area contributed by atoms with Crippen LogP contribution in [0.5, 0.6) is 5.75 Å². The smallest absolute Gasteiger partial charge is 0.257 e. The number of benzene rings is 3. The minimum atomic E-state index is -0.354. The predicted octanol–water partition coefficient (Wildman–Crippen LogP) is 3.77. The average molecular weight is 464 g/mol. The first-order chi connectivity index (χ1) is 16.0. The number of methoxy groups -OCH3 is 1. The lowest BCUT2D eigenvalue weighted by Crippen LogP contribution is -2.34. The predicted molar refractivity (Wildman–Crippen MR) is 132 cm³/mol. The number of amides is 2. The summed E-state index contributed by atoms with van der Waals surface area (Å²) in [6, 6.07) is 23.3. The van der Waals surface area contributed by atoms with E-state index in [0.29, 0.717) is 42.3 Å². The highest BCUT2D eigenvalue weighted by Crippen LogP contribution is 2.13. The summed E-state index contributed by atoms with van der Waals surface area (Å²) in [5, 5.41) is 8.58. The van der Waals surface area contributed by atoms with Gasteiger partial charge in [-0.3, -0.25) is 14.9 Å². The molecule has 7 nitrogen and oxygen atoms in total. The molecule has 8 heteroatoms. The maximum absolute atomic E-state index is 12.5. The number of thiocarbonyl (C=S) groups is 1. The Labute approximate surface area is 198 Å². The number of carbonyl (C=O) groups is 2. The molecule has 170 valence electrons. The van der Waals surface area contributed by atoms with Gasteiger partial charge in [-0.25, -0.2) is 0 Å². The molecule has 3 N–H and O–H groups in total. The quantitative estimate of drug-likeness (QED) is 0.331. The first kappa shape index (κ1) is 23.9. The Kier molecular flexibility index (Phi) is 8.93. The summed E-state index contributed by atoms with van der Waals surface area (Å²) in [6.45, 7) is 1.35. The molecule has 0 saturated carbocycles. The number of nitrogens with one attached hydrogen (secondary N) is 3. The molecular formula is C25H25N3O4S. The first-order valence-electron chi connectivity index (χ1n) is 10.3. The van der Waals surface area contributed by atoms with Crippen molar-refractivity contribution < 1.29 is 19.1 Å². The highest BCUT2D eigenvalue weighted by atomic mass is 32.1. The summed E-state index contributed by atoms with van der Waals surface area (Å²) in [4.78, 5) is 24.9. The number of hydrogen-bond acceptors (Lipinski definition) is 5. The fourth-order valence-electron chi connectivity index (χ4n) is 2.90. The van der Waals surface area contributed by atoms with Crippen molar-refractivity contribution in [2.75, 3.05) is 25.6 Å². The number of ether oxygens (including phenoxy) is 2. The van der Waals surface area contributed by atoms with Crippen LogP contribution in [0.2, 0.25) is 0 Å². The Morgan fingerprint density at radius 3 is 2.33 bits per heavy atom. The van der Waals surface area contributed by atoms with E-state index in [1.165, 1.54) is 0 Å². The second-order valence-corrected chi connectivity index (χ2v) is 7.43. The molecule has 3 aromatic carbocycles. The van der Waals surface area contributed by atoms with Crippen molar-refractivity contribution in [3.8, 4) is 5.75 Å². The van der Waals surface area contributed by atoms with E-state index in [-0.39, 0.29) is 16.9 Å². The lowest BCUT2D eigenvalue weighted by molar-refractivity contribution is 0.0948. The molecule has 0 bridgehead atoms. The molecule has 0 aliphatic rings. The maximum Gasteiger partial charge on any atom is 0.257 e. The van der Waals surface area contributed by atoms with Crippen LogP contribution in [0.4, 0.5) is 5.69 Å². The van der Waals surface area contributed by atoms with Crippen molar-refractivity contribution in [3.05, 3.63) is 95.6 Å². The van der Waals surface area contributed by atoms with Crippen molar-refractivity contribution in [1.29, 1.82) is 0 Å². The number of rotatable bonds is 9. The highest BCUT2D eigenvalue weighted by Gasteiger charge is 2.10. The molecule has 2 amide bonds. The normalized spacial score (nSPS) is 10.2. The van der Waals surface area contributed by atoms with E-state index in [9.17, 15) is 9.59 Å². The fourth-order valence-corrected chi connectivity index (χ4v) is 3.11. The van der Waals surface area contributed by atoms with Crippen LogP contribution >= 0.6 is 12.2 Å². The van der Waals surface area contributed by atoms with Gasteiger partial charge in [0.25, 0.3) is 11.8 Å². The van der Waals surface area contributed by atoms with Gasteiger partial charge in [-0.1, -0.05) is 36.4 Å². The van der Waals surface area contributed by atoms with Gasteiger partial charge in [0, 0.05) is 30.5 Å². The standard InChI is InChI=1S/C25H25N3O4S/c1-31-14-15-32-22-12-10-19(11-13-22)24(30)28-25(33)27-21-9-5-8-20(16-21)23(29)26-17-18-6-3-2-4-7-18/h2-13,16H,14-15,17H2,1H3,(H,26,29)(H2,27,28,30,33). The number of hydrogen-bond donors (Lipinski definition) is 3. The fraction of sp³-hybridized carbons (Fsp3) is 0.160. The summed E-state index contributed by atoms with van der Waals surface area (Å²) in [6.07, 6.45) is 0. The molecule has 0 spiro atoms. The van der Waals surface area contributed by atoms with Crippen LogP contribution in [-0.4, -0.2) is 37.3 Å². The van der Waals surface area contributed by atoms with Crippen LogP contribution in [0.15, 0.2) is 78.9 Å². The third-order valence-electron chi connectivity index (χ3n) is 4.58. The molecular weight excluding hydrogens is 438 g/mol. The lowest BCUT2D eigenvalue weighted by atomic mass is 10.1. The summed E-state index contributed by atoms with van der Waals surface area (Å²) >= 11 is 5.25. The monoisotopic (exact) mass is 463 g/mol. The van der Waals surface area contributed by atoms with Crippen LogP contribution in [0.3, 0.4) is 0 Å². The van der Waals surface area contributed by atoms with Gasteiger partial charge in [-0.15, -0.1) is 0 Å². The molecule has 0 fully saturated rings. The molecule has 0 aromatic heterocycles. The van der Waals surface area contributed by atoms with Crippen molar-refractivity contribution in [2.24, 2.45) is 0 Å². The molecule has 3 rings (SSSR count). The topological polar surface area (TPSA) is 88.7 Å². The zero-order valence-corrected chi connectivity index (χ0v) is 19.0. The average Bonchev–Trinajstić information content (AvgIpc) is 2.84. The van der Waals surface area contributed by atoms with E-state index in [0.717, 1.165) is 5.56 Å². The summed E-state index contributed by atoms with van der Waals surface area (Å²) in [5.74, 6) is 0.0876. The van der Waals surface area contributed by atoms with Gasteiger partial charge in [0.05, 0.1) is 6.61 Å². The Hall–Kier alpha value is -3.75. The van der Waals surface area contributed by atoms with Crippen molar-refractivity contribution in [1.82, 2.24) is 10.6 Å². The largest absolute Gasteiger partial charge is 0.491 e. The molecule has 0 heterocycles. The van der Waals surface area contributed by atoms with E-state index in [1.807, 2.05) is 30.3 Å². The van der Waals surface area contributed by atoms with Gasteiger partial charge in [-0.2, -0.15) is 0 Å². The van der Waals surface area contributed by atoms with Gasteiger partial charge in [0.2, 0.25) is 0 Å². The van der Waals surface area contributed by atoms with E-state index in [1.54, 1.807) is 55.6 Å². The van der Waals surface area contributed by atoms with E-state index in [2.05, 4.69) is 16.0 Å². The summed E-state index contributed by atoms with van der Waals surface area (Å²) in [7, 11) is 1.60. The third-order valence-corrected chi connectivity index (χ3v) is 4.78. The van der Waals surface area contributed by atoms with Gasteiger partial charge >= 0.3 is 0 Å². The van der Waals surface area contributed by atoms with Crippen LogP contribution < -0.4 is 20.7 Å². The molecule has 0 saturated heterocycles. The summed E-state index contributed by atoms with van der Waals surface area (Å²) in [5.41, 5.74) is 2.52. The molecule has 0 atom stereocenters. The zero-order valence-electron chi connectivity index (χ0n) is 18.2. The lowest BCUT2D eigenvalue weighted by Gasteiger charge is -2.11. The van der Waals surface area contributed by atoms with Crippen molar-refractivity contribution in [2.45, 2.75) is 6.54 Å². The minimum absolute atomic E-state index is 0.127. The van der Waals surface area contributed by atoms with Crippen LogP contribution in [0.25, 0.3) is 0 Å². The zero-order chi connectivity index (χ0) is 23.5. The van der Waals surface area contributed by atoms with E-state index >= 15 is 0 Å². The molecule has 0 aliphatic heterocycles.